The first-order chi connectivity index (χ1) is 15.9. The number of H-pyrrole nitrogens is 1. The summed E-state index contributed by atoms with van der Waals surface area (Å²) < 4.78 is 81.0. The molecule has 182 valence electrons. The van der Waals surface area contributed by atoms with E-state index in [0.717, 1.165) is 0 Å². The highest BCUT2D eigenvalue weighted by atomic mass is 79.9. The predicted octanol–water partition coefficient (Wildman–Crippen LogP) is 5.23. The Labute approximate surface area is 205 Å². The molecular weight excluding hydrogens is 566 g/mol. The van der Waals surface area contributed by atoms with Gasteiger partial charge in [-0.15, -0.1) is 0 Å². The Morgan fingerprint density at radius 3 is 2.56 bits per heavy atom. The van der Waals surface area contributed by atoms with Crippen molar-refractivity contribution in [1.82, 2.24) is 14.3 Å². The quantitative estimate of drug-likeness (QED) is 0.413. The van der Waals surface area contributed by atoms with Gasteiger partial charge in [0.2, 0.25) is 10.0 Å². The molecule has 0 spiro atoms. The van der Waals surface area contributed by atoms with Gasteiger partial charge in [0.05, 0.1) is 33.4 Å². The second-order valence-electron chi connectivity index (χ2n) is 7.79. The summed E-state index contributed by atoms with van der Waals surface area (Å²) in [7, 11) is -4.40. The Bertz CT molecular complexity index is 1330. The number of halogens is 6. The fraction of sp³-hybridized carbons (Fsp3) is 0.286. The number of aliphatic hydroxyl groups is 1. The van der Waals surface area contributed by atoms with Crippen LogP contribution < -0.4 is 0 Å². The molecule has 6 nitrogen and oxygen atoms in total. The van der Waals surface area contributed by atoms with Gasteiger partial charge in [-0.05, 0) is 52.7 Å². The summed E-state index contributed by atoms with van der Waals surface area (Å²) in [6, 6.07) is 8.51. The number of aliphatic hydroxyl groups excluding tert-OH is 1. The molecule has 13 heteroatoms. The van der Waals surface area contributed by atoms with Crippen LogP contribution >= 0.6 is 27.5 Å². The average molecular weight is 583 g/mol. The van der Waals surface area contributed by atoms with Crippen molar-refractivity contribution >= 4 is 37.6 Å². The highest BCUT2D eigenvalue weighted by Gasteiger charge is 2.49. The lowest BCUT2D eigenvalue weighted by molar-refractivity contribution is -0.208. The number of sulfonamides is 1. The summed E-state index contributed by atoms with van der Waals surface area (Å²) >= 11 is 9.20. The molecule has 34 heavy (non-hydrogen) atoms. The Kier molecular flexibility index (Phi) is 6.82. The van der Waals surface area contributed by atoms with Crippen molar-refractivity contribution in [2.45, 2.75) is 23.6 Å². The minimum Gasteiger partial charge on any atom is -0.392 e. The van der Waals surface area contributed by atoms with Crippen molar-refractivity contribution in [2.24, 2.45) is 5.92 Å². The maximum absolute atomic E-state index is 13.9. The van der Waals surface area contributed by atoms with Crippen molar-refractivity contribution in [3.63, 3.8) is 0 Å². The summed E-state index contributed by atoms with van der Waals surface area (Å²) in [6.07, 6.45) is -5.35. The van der Waals surface area contributed by atoms with E-state index in [1.165, 1.54) is 36.5 Å². The number of imidazole rings is 1. The molecule has 2 atom stereocenters. The Morgan fingerprint density at radius 2 is 1.88 bits per heavy atom. The molecule has 0 radical (unpaired) electrons. The van der Waals surface area contributed by atoms with Crippen LogP contribution in [0.1, 0.15) is 6.42 Å². The monoisotopic (exact) mass is 581 g/mol. The third kappa shape index (κ3) is 4.87. The van der Waals surface area contributed by atoms with E-state index in [1.54, 1.807) is 6.07 Å². The van der Waals surface area contributed by atoms with Gasteiger partial charge in [-0.3, -0.25) is 0 Å². The van der Waals surface area contributed by atoms with Gasteiger partial charge in [-0.1, -0.05) is 17.7 Å². The van der Waals surface area contributed by atoms with Crippen molar-refractivity contribution in [3.05, 3.63) is 57.9 Å². The first kappa shape index (κ1) is 25.1. The SMILES string of the molecule is O=S(=O)(c1cc(-c2ncc(-c3ccc(Br)c(F)c3)[nH]2)ccc1Cl)N1CC[C@H](O)[C@@H](C(F)(F)F)C1. The molecule has 0 aliphatic carbocycles. The molecule has 1 saturated heterocycles. The lowest BCUT2D eigenvalue weighted by Crippen LogP contribution is -2.51. The second kappa shape index (κ2) is 9.23. The second-order valence-corrected chi connectivity index (χ2v) is 11.0. The summed E-state index contributed by atoms with van der Waals surface area (Å²) in [5.74, 6) is -2.41. The molecule has 3 aromatic rings. The third-order valence-corrected chi connectivity index (χ3v) is 8.58. The lowest BCUT2D eigenvalue weighted by Gasteiger charge is -2.36. The fourth-order valence-corrected chi connectivity index (χ4v) is 5.94. The van der Waals surface area contributed by atoms with Crippen LogP contribution in [0.4, 0.5) is 17.6 Å². The van der Waals surface area contributed by atoms with Gasteiger partial charge in [0.15, 0.2) is 0 Å². The van der Waals surface area contributed by atoms with E-state index < -0.39 is 40.6 Å². The van der Waals surface area contributed by atoms with Gasteiger partial charge in [0, 0.05) is 24.2 Å². The molecule has 0 saturated carbocycles. The number of aromatic amines is 1. The van der Waals surface area contributed by atoms with Gasteiger partial charge >= 0.3 is 6.18 Å². The highest BCUT2D eigenvalue weighted by molar-refractivity contribution is 9.10. The van der Waals surface area contributed by atoms with Crippen LogP contribution in [0.5, 0.6) is 0 Å². The third-order valence-electron chi connectivity index (χ3n) is 5.59. The number of hydrogen-bond acceptors (Lipinski definition) is 4. The van der Waals surface area contributed by atoms with Gasteiger partial charge in [-0.2, -0.15) is 17.5 Å². The maximum atomic E-state index is 13.9. The maximum Gasteiger partial charge on any atom is 0.395 e. The number of rotatable bonds is 4. The van der Waals surface area contributed by atoms with Crippen molar-refractivity contribution in [1.29, 1.82) is 0 Å². The molecule has 2 aromatic carbocycles. The minimum atomic E-state index is -4.75. The topological polar surface area (TPSA) is 86.3 Å². The molecule has 1 aliphatic heterocycles. The van der Waals surface area contributed by atoms with Gasteiger partial charge in [0.25, 0.3) is 0 Å². The average Bonchev–Trinajstić information content (AvgIpc) is 3.25. The molecule has 4 rings (SSSR count). The zero-order valence-electron chi connectivity index (χ0n) is 17.2. The van der Waals surface area contributed by atoms with E-state index in [1.807, 2.05) is 0 Å². The van der Waals surface area contributed by atoms with Crippen molar-refractivity contribution in [3.8, 4) is 22.6 Å². The van der Waals surface area contributed by atoms with E-state index in [-0.39, 0.29) is 28.7 Å². The summed E-state index contributed by atoms with van der Waals surface area (Å²) in [5, 5.41) is 9.56. The van der Waals surface area contributed by atoms with E-state index in [4.69, 9.17) is 11.6 Å². The zero-order chi connectivity index (χ0) is 24.8. The molecule has 2 heterocycles. The van der Waals surface area contributed by atoms with Crippen LogP contribution in [0.2, 0.25) is 5.02 Å². The lowest BCUT2D eigenvalue weighted by atomic mass is 9.96. The normalized spacial score (nSPS) is 20.0. The van der Waals surface area contributed by atoms with Gasteiger partial charge in [0.1, 0.15) is 16.5 Å². The van der Waals surface area contributed by atoms with Crippen LogP contribution in [0.15, 0.2) is 52.0 Å². The Hall–Kier alpha value is -1.99. The number of hydrogen-bond donors (Lipinski definition) is 2. The minimum absolute atomic E-state index is 0.166. The Balaban J connectivity index is 1.66. The molecule has 1 aliphatic rings. The van der Waals surface area contributed by atoms with Gasteiger partial charge < -0.3 is 10.1 Å². The molecular formula is C21H17BrClF4N3O3S. The number of nitrogens with one attached hydrogen (secondary N) is 1. The van der Waals surface area contributed by atoms with E-state index in [0.29, 0.717) is 25.6 Å². The predicted molar refractivity (Wildman–Crippen MR) is 121 cm³/mol. The zero-order valence-corrected chi connectivity index (χ0v) is 20.3. The van der Waals surface area contributed by atoms with Crippen LogP contribution in [0.25, 0.3) is 22.6 Å². The van der Waals surface area contributed by atoms with E-state index in [9.17, 15) is 31.1 Å². The number of alkyl halides is 3. The molecule has 1 aromatic heterocycles. The summed E-state index contributed by atoms with van der Waals surface area (Å²) in [4.78, 5) is 6.81. The van der Waals surface area contributed by atoms with Crippen molar-refractivity contribution in [2.75, 3.05) is 13.1 Å². The van der Waals surface area contributed by atoms with Crippen molar-refractivity contribution < 1.29 is 31.1 Å². The standard InChI is InChI=1S/C21H17BrClF4N3O3S/c22-14-3-1-11(7-16(14)24)17-9-28-20(29-17)12-2-4-15(23)19(8-12)34(32,33)30-6-5-18(31)13(10-30)21(25,26)27/h1-4,7-9,13,18,31H,5-6,10H2,(H,28,29)/t13-,18-/m0/s1. The van der Waals surface area contributed by atoms with E-state index in [2.05, 4.69) is 25.9 Å². The molecule has 1 fully saturated rings. The Morgan fingerprint density at radius 1 is 1.18 bits per heavy atom. The van der Waals surface area contributed by atoms with E-state index >= 15 is 0 Å². The van der Waals surface area contributed by atoms with Crippen LogP contribution in [-0.2, 0) is 10.0 Å². The summed E-state index contributed by atoms with van der Waals surface area (Å²) in [5.41, 5.74) is 1.29. The number of benzene rings is 2. The first-order valence-corrected chi connectivity index (χ1v) is 12.5. The van der Waals surface area contributed by atoms with Crippen LogP contribution in [-0.4, -0.2) is 53.2 Å². The number of aromatic nitrogens is 2. The smallest absolute Gasteiger partial charge is 0.392 e. The number of piperidine rings is 1. The molecule has 0 bridgehead atoms. The largest absolute Gasteiger partial charge is 0.395 e. The molecule has 2 N–H and O–H groups in total. The molecule has 0 unspecified atom stereocenters. The van der Waals surface area contributed by atoms with Gasteiger partial charge in [-0.25, -0.2) is 17.8 Å². The van der Waals surface area contributed by atoms with Crippen LogP contribution in [0, 0.1) is 11.7 Å². The first-order valence-electron chi connectivity index (χ1n) is 9.93. The molecule has 0 amide bonds. The number of nitrogens with zero attached hydrogens (tertiary/aromatic N) is 2. The summed E-state index contributed by atoms with van der Waals surface area (Å²) in [6.45, 7) is -1.19. The fourth-order valence-electron chi connectivity index (χ4n) is 3.72. The highest BCUT2D eigenvalue weighted by Crippen LogP contribution is 2.37. The van der Waals surface area contributed by atoms with Crippen LogP contribution in [0.3, 0.4) is 0 Å².